The summed E-state index contributed by atoms with van der Waals surface area (Å²) >= 11 is 0. The van der Waals surface area contributed by atoms with Gasteiger partial charge in [-0.2, -0.15) is 0 Å². The van der Waals surface area contributed by atoms with Gasteiger partial charge in [0.25, 0.3) is 0 Å². The van der Waals surface area contributed by atoms with Crippen LogP contribution in [0.4, 0.5) is 0 Å². The molecule has 0 unspecified atom stereocenters. The molecule has 1 aliphatic rings. The lowest BCUT2D eigenvalue weighted by Crippen LogP contribution is -2.28. The Morgan fingerprint density at radius 1 is 1.29 bits per heavy atom. The highest BCUT2D eigenvalue weighted by Crippen LogP contribution is 1.94. The van der Waals surface area contributed by atoms with Crippen molar-refractivity contribution in [1.82, 2.24) is 0 Å². The first kappa shape index (κ1) is 9.22. The molecule has 72 valence electrons. The Morgan fingerprint density at radius 3 is 3.07 bits per heavy atom. The molecule has 0 spiro atoms. The molecule has 0 fully saturated rings. The van der Waals surface area contributed by atoms with Gasteiger partial charge in [-0.3, -0.25) is 0 Å². The van der Waals surface area contributed by atoms with Crippen molar-refractivity contribution < 1.29 is 0 Å². The first-order valence-corrected chi connectivity index (χ1v) is 5.07. The summed E-state index contributed by atoms with van der Waals surface area (Å²) in [5.41, 5.74) is 6.95. The Hall–Kier alpha value is -1.34. The van der Waals surface area contributed by atoms with Crippen molar-refractivity contribution in [1.29, 1.82) is 0 Å². The zero-order valence-electron chi connectivity index (χ0n) is 8.24. The van der Waals surface area contributed by atoms with E-state index in [1.54, 1.807) is 0 Å². The molecule has 1 aromatic rings. The topological polar surface area (TPSA) is 26.0 Å². The summed E-state index contributed by atoms with van der Waals surface area (Å²) in [5, 5.41) is 2.67. The van der Waals surface area contributed by atoms with Crippen LogP contribution in [0.1, 0.15) is 12.0 Å². The first-order chi connectivity index (χ1) is 6.92. The summed E-state index contributed by atoms with van der Waals surface area (Å²) in [6, 6.07) is 6.44. The maximum atomic E-state index is 5.59. The molecule has 0 aromatic heterocycles. The Balaban J connectivity index is 2.64. The van der Waals surface area contributed by atoms with Crippen LogP contribution >= 0.6 is 0 Å². The molecule has 0 saturated carbocycles. The summed E-state index contributed by atoms with van der Waals surface area (Å²) in [5.74, 6) is 0. The van der Waals surface area contributed by atoms with E-state index in [-0.39, 0.29) is 0 Å². The minimum Gasteiger partial charge on any atom is -0.330 e. The van der Waals surface area contributed by atoms with Gasteiger partial charge in [-0.1, -0.05) is 42.5 Å². The molecule has 0 bridgehead atoms. The molecular weight excluding hydrogens is 170 g/mol. The molecule has 1 aliphatic carbocycles. The minimum absolute atomic E-state index is 0.716. The van der Waals surface area contributed by atoms with Crippen LogP contribution in [-0.2, 0) is 6.42 Å². The number of nitrogens with two attached hydrogens (primary N) is 1. The Morgan fingerprint density at radius 2 is 2.21 bits per heavy atom. The van der Waals surface area contributed by atoms with Gasteiger partial charge in [0, 0.05) is 0 Å². The van der Waals surface area contributed by atoms with Crippen LogP contribution in [0.25, 0.3) is 12.2 Å². The van der Waals surface area contributed by atoms with Crippen molar-refractivity contribution in [3.63, 3.8) is 0 Å². The second kappa shape index (κ2) is 4.25. The maximum Gasteiger partial charge on any atom is -0.00365 e. The monoisotopic (exact) mass is 185 g/mol. The molecule has 1 nitrogen and oxygen atoms in total. The fraction of sp³-hybridized carbons (Fsp3) is 0.231. The van der Waals surface area contributed by atoms with Gasteiger partial charge < -0.3 is 5.73 Å². The van der Waals surface area contributed by atoms with Crippen LogP contribution < -0.4 is 16.2 Å². The summed E-state index contributed by atoms with van der Waals surface area (Å²) in [7, 11) is 0. The Labute approximate surface area is 84.3 Å². The third-order valence-corrected chi connectivity index (χ3v) is 2.52. The zero-order valence-corrected chi connectivity index (χ0v) is 8.24. The van der Waals surface area contributed by atoms with Crippen LogP contribution in [0, 0.1) is 0 Å². The fourth-order valence-corrected chi connectivity index (χ4v) is 1.83. The van der Waals surface area contributed by atoms with Gasteiger partial charge in [0.05, 0.1) is 0 Å². The summed E-state index contributed by atoms with van der Waals surface area (Å²) in [6.07, 6.45) is 10.7. The third-order valence-electron chi connectivity index (χ3n) is 2.52. The standard InChI is InChI=1S/C13H15N/c14-10-9-12-7-4-6-11-5-2-1-3-8-13(11)12/h1,3-8H,2,9-10,14H2. The van der Waals surface area contributed by atoms with Crippen LogP contribution in [0.5, 0.6) is 0 Å². The van der Waals surface area contributed by atoms with Crippen molar-refractivity contribution in [2.24, 2.45) is 5.73 Å². The SMILES string of the molecule is NCCc1cccc2c1=CC=CCC=2. The van der Waals surface area contributed by atoms with Gasteiger partial charge in [0.2, 0.25) is 0 Å². The number of fused-ring (bicyclic) bond motifs is 1. The van der Waals surface area contributed by atoms with E-state index in [9.17, 15) is 0 Å². The molecular formula is C13H15N. The van der Waals surface area contributed by atoms with E-state index in [2.05, 4.69) is 42.5 Å². The van der Waals surface area contributed by atoms with E-state index in [1.807, 2.05) is 0 Å². The average Bonchev–Trinajstić information content (AvgIpc) is 2.44. The van der Waals surface area contributed by atoms with E-state index in [0.717, 1.165) is 12.8 Å². The Bertz CT molecular complexity index is 455. The average molecular weight is 185 g/mol. The van der Waals surface area contributed by atoms with E-state index in [1.165, 1.54) is 16.0 Å². The molecule has 0 radical (unpaired) electrons. The van der Waals surface area contributed by atoms with Gasteiger partial charge >= 0.3 is 0 Å². The van der Waals surface area contributed by atoms with Gasteiger partial charge in [-0.15, -0.1) is 0 Å². The smallest absolute Gasteiger partial charge is 0.00365 e. The normalized spacial score (nSPS) is 13.8. The molecule has 0 atom stereocenters. The van der Waals surface area contributed by atoms with Gasteiger partial charge in [-0.25, -0.2) is 0 Å². The van der Waals surface area contributed by atoms with E-state index in [0.29, 0.717) is 6.54 Å². The number of hydrogen-bond donors (Lipinski definition) is 1. The lowest BCUT2D eigenvalue weighted by molar-refractivity contribution is 0.959. The van der Waals surface area contributed by atoms with E-state index < -0.39 is 0 Å². The highest BCUT2D eigenvalue weighted by atomic mass is 14.5. The van der Waals surface area contributed by atoms with Gasteiger partial charge in [0.1, 0.15) is 0 Å². The van der Waals surface area contributed by atoms with E-state index >= 15 is 0 Å². The molecule has 0 amide bonds. The van der Waals surface area contributed by atoms with Crippen LogP contribution in [0.2, 0.25) is 0 Å². The molecule has 0 aliphatic heterocycles. The summed E-state index contributed by atoms with van der Waals surface area (Å²) in [6.45, 7) is 0.716. The quantitative estimate of drug-likeness (QED) is 0.721. The van der Waals surface area contributed by atoms with E-state index in [4.69, 9.17) is 5.73 Å². The second-order valence-corrected chi connectivity index (χ2v) is 3.49. The van der Waals surface area contributed by atoms with Crippen molar-refractivity contribution in [2.75, 3.05) is 6.54 Å². The first-order valence-electron chi connectivity index (χ1n) is 5.07. The van der Waals surface area contributed by atoms with Crippen molar-refractivity contribution in [3.8, 4) is 0 Å². The summed E-state index contributed by atoms with van der Waals surface area (Å²) in [4.78, 5) is 0. The van der Waals surface area contributed by atoms with Crippen molar-refractivity contribution >= 4 is 12.2 Å². The number of rotatable bonds is 2. The largest absolute Gasteiger partial charge is 0.330 e. The number of allylic oxidation sites excluding steroid dienone is 2. The molecule has 1 heteroatoms. The van der Waals surface area contributed by atoms with Gasteiger partial charge in [0.15, 0.2) is 0 Å². The lowest BCUT2D eigenvalue weighted by atomic mass is 10.1. The molecule has 14 heavy (non-hydrogen) atoms. The maximum absolute atomic E-state index is 5.59. The molecule has 0 heterocycles. The molecule has 2 N–H and O–H groups in total. The predicted molar refractivity (Wildman–Crippen MR) is 61.1 cm³/mol. The van der Waals surface area contributed by atoms with Crippen LogP contribution in [-0.4, -0.2) is 6.54 Å². The second-order valence-electron chi connectivity index (χ2n) is 3.49. The Kier molecular flexibility index (Phi) is 2.80. The molecule has 2 rings (SSSR count). The zero-order chi connectivity index (χ0) is 9.80. The highest BCUT2D eigenvalue weighted by molar-refractivity contribution is 5.46. The van der Waals surface area contributed by atoms with Crippen LogP contribution in [0.15, 0.2) is 30.4 Å². The lowest BCUT2D eigenvalue weighted by Gasteiger charge is -2.00. The molecule has 0 saturated heterocycles. The van der Waals surface area contributed by atoms with Crippen molar-refractivity contribution in [2.45, 2.75) is 12.8 Å². The minimum atomic E-state index is 0.716. The summed E-state index contributed by atoms with van der Waals surface area (Å²) < 4.78 is 0. The predicted octanol–water partition coefficient (Wildman–Crippen LogP) is 0.709. The molecule has 1 aromatic carbocycles. The third kappa shape index (κ3) is 1.78. The van der Waals surface area contributed by atoms with Crippen molar-refractivity contribution in [3.05, 3.63) is 46.4 Å². The number of benzene rings is 1. The number of hydrogen-bond acceptors (Lipinski definition) is 1. The highest BCUT2D eigenvalue weighted by Gasteiger charge is 1.95. The fourth-order valence-electron chi connectivity index (χ4n) is 1.83. The van der Waals surface area contributed by atoms with Crippen LogP contribution in [0.3, 0.4) is 0 Å². The van der Waals surface area contributed by atoms with Gasteiger partial charge in [-0.05, 0) is 35.4 Å².